The third-order valence-electron chi connectivity index (χ3n) is 3.45. The van der Waals surface area contributed by atoms with Crippen LogP contribution in [-0.4, -0.2) is 39.3 Å². The van der Waals surface area contributed by atoms with Crippen LogP contribution in [0.4, 0.5) is 5.13 Å². The molecule has 138 valence electrons. The number of aromatic nitrogens is 2. The summed E-state index contributed by atoms with van der Waals surface area (Å²) < 4.78 is 5.47. The first-order valence-corrected chi connectivity index (χ1v) is 9.79. The molecule has 1 amide bonds. The molecule has 0 bridgehead atoms. The molecule has 1 fully saturated rings. The number of rotatable bonds is 7. The highest BCUT2D eigenvalue weighted by Gasteiger charge is 2.32. The lowest BCUT2D eigenvalue weighted by Gasteiger charge is -2.11. The fourth-order valence-electron chi connectivity index (χ4n) is 2.26. The molecule has 6 nitrogen and oxygen atoms in total. The predicted octanol–water partition coefficient (Wildman–Crippen LogP) is 4.20. The first-order valence-electron chi connectivity index (χ1n) is 8.15. The average Bonchev–Trinajstić information content (AvgIpc) is 3.20. The van der Waals surface area contributed by atoms with Crippen LogP contribution in [0.25, 0.3) is 6.08 Å². The van der Waals surface area contributed by atoms with Crippen molar-refractivity contribution in [3.63, 3.8) is 0 Å². The van der Waals surface area contributed by atoms with Gasteiger partial charge in [-0.05, 0) is 42.5 Å². The molecule has 2 heterocycles. The Hall–Kier alpha value is -2.71. The molecule has 0 aliphatic carbocycles. The van der Waals surface area contributed by atoms with Crippen molar-refractivity contribution in [3.8, 4) is 5.75 Å². The van der Waals surface area contributed by atoms with Gasteiger partial charge in [-0.3, -0.25) is 9.69 Å². The van der Waals surface area contributed by atoms with E-state index in [1.165, 1.54) is 23.1 Å². The van der Waals surface area contributed by atoms with Crippen LogP contribution < -0.4 is 4.74 Å². The standard InChI is InChI=1S/C19H18N4O2S2/c1-4-10-23-17(24)16(27-19(23)20-18-22-21-13(3)26-18)12-14-6-8-15(9-7-14)25-11-5-2/h4-9,12H,1-2,10-11H2,3H3/b16-12-,20-19+. The van der Waals surface area contributed by atoms with Gasteiger partial charge in [0, 0.05) is 6.54 Å². The Bertz CT molecular complexity index is 916. The number of hydrogen-bond acceptors (Lipinski definition) is 7. The van der Waals surface area contributed by atoms with Crippen molar-refractivity contribution in [3.05, 3.63) is 65.1 Å². The smallest absolute Gasteiger partial charge is 0.267 e. The maximum atomic E-state index is 12.8. The average molecular weight is 399 g/mol. The molecule has 0 atom stereocenters. The van der Waals surface area contributed by atoms with E-state index in [0.29, 0.717) is 28.4 Å². The Morgan fingerprint density at radius 3 is 2.63 bits per heavy atom. The highest BCUT2D eigenvalue weighted by atomic mass is 32.2. The molecular formula is C19H18N4O2S2. The number of thioether (sulfide) groups is 1. The summed E-state index contributed by atoms with van der Waals surface area (Å²) in [7, 11) is 0. The molecule has 0 radical (unpaired) electrons. The number of carbonyl (C=O) groups is 1. The molecule has 1 aliphatic heterocycles. The molecule has 0 N–H and O–H groups in total. The lowest BCUT2D eigenvalue weighted by atomic mass is 10.2. The second-order valence-corrected chi connectivity index (χ2v) is 7.65. The van der Waals surface area contributed by atoms with Gasteiger partial charge in [0.2, 0.25) is 5.13 Å². The van der Waals surface area contributed by atoms with Crippen molar-refractivity contribution >= 4 is 45.4 Å². The second kappa shape index (κ2) is 8.79. The summed E-state index contributed by atoms with van der Waals surface area (Å²) >= 11 is 2.70. The molecule has 2 aromatic rings. The molecule has 8 heteroatoms. The molecular weight excluding hydrogens is 380 g/mol. The van der Waals surface area contributed by atoms with Gasteiger partial charge in [-0.15, -0.1) is 16.8 Å². The summed E-state index contributed by atoms with van der Waals surface area (Å²) in [5, 5.41) is 9.90. The first-order chi connectivity index (χ1) is 13.1. The lowest BCUT2D eigenvalue weighted by molar-refractivity contribution is -0.121. The number of amides is 1. The predicted molar refractivity (Wildman–Crippen MR) is 111 cm³/mol. The van der Waals surface area contributed by atoms with E-state index in [1.54, 1.807) is 17.1 Å². The van der Waals surface area contributed by atoms with E-state index in [2.05, 4.69) is 28.3 Å². The highest BCUT2D eigenvalue weighted by molar-refractivity contribution is 8.18. The summed E-state index contributed by atoms with van der Waals surface area (Å²) in [4.78, 5) is 19.4. The molecule has 0 unspecified atom stereocenters. The van der Waals surface area contributed by atoms with Gasteiger partial charge < -0.3 is 4.74 Å². The summed E-state index contributed by atoms with van der Waals surface area (Å²) in [6.45, 7) is 10.1. The van der Waals surface area contributed by atoms with Crippen LogP contribution in [0.2, 0.25) is 0 Å². The molecule has 27 heavy (non-hydrogen) atoms. The van der Waals surface area contributed by atoms with Crippen LogP contribution in [0.5, 0.6) is 5.75 Å². The molecule has 1 aromatic carbocycles. The third-order valence-corrected chi connectivity index (χ3v) is 5.19. The molecule has 0 saturated carbocycles. The Balaban J connectivity index is 1.84. The summed E-state index contributed by atoms with van der Waals surface area (Å²) in [6, 6.07) is 7.53. The van der Waals surface area contributed by atoms with Gasteiger partial charge >= 0.3 is 0 Å². The normalized spacial score (nSPS) is 16.9. The second-order valence-electron chi connectivity index (χ2n) is 5.48. The minimum Gasteiger partial charge on any atom is -0.490 e. The quantitative estimate of drug-likeness (QED) is 0.516. The lowest BCUT2D eigenvalue weighted by Crippen LogP contribution is -2.29. The van der Waals surface area contributed by atoms with E-state index >= 15 is 0 Å². The van der Waals surface area contributed by atoms with Crippen molar-refractivity contribution in [1.82, 2.24) is 15.1 Å². The first kappa shape index (κ1) is 19.1. The van der Waals surface area contributed by atoms with Gasteiger partial charge in [0.05, 0.1) is 4.91 Å². The minimum atomic E-state index is -0.105. The maximum absolute atomic E-state index is 12.8. The van der Waals surface area contributed by atoms with Gasteiger partial charge in [-0.2, -0.15) is 4.99 Å². The van der Waals surface area contributed by atoms with Gasteiger partial charge in [-0.1, -0.05) is 42.2 Å². The summed E-state index contributed by atoms with van der Waals surface area (Å²) in [5.74, 6) is 0.650. The zero-order valence-corrected chi connectivity index (χ0v) is 16.4. The molecule has 1 saturated heterocycles. The number of amidine groups is 1. The maximum Gasteiger partial charge on any atom is 0.267 e. The fraction of sp³-hybridized carbons (Fsp3) is 0.158. The Labute approximate surface area is 166 Å². The van der Waals surface area contributed by atoms with Crippen LogP contribution in [0.3, 0.4) is 0 Å². The largest absolute Gasteiger partial charge is 0.490 e. The molecule has 3 rings (SSSR count). The monoisotopic (exact) mass is 398 g/mol. The number of ether oxygens (including phenoxy) is 1. The number of hydrogen-bond donors (Lipinski definition) is 0. The Morgan fingerprint density at radius 1 is 1.22 bits per heavy atom. The van der Waals surface area contributed by atoms with E-state index in [4.69, 9.17) is 4.74 Å². The van der Waals surface area contributed by atoms with Crippen molar-refractivity contribution in [2.24, 2.45) is 4.99 Å². The van der Waals surface area contributed by atoms with Gasteiger partial charge in [0.1, 0.15) is 17.4 Å². The minimum absolute atomic E-state index is 0.105. The number of aliphatic imine (C=N–C) groups is 1. The third kappa shape index (κ3) is 4.72. The van der Waals surface area contributed by atoms with Crippen LogP contribution in [0.1, 0.15) is 10.6 Å². The van der Waals surface area contributed by atoms with Crippen molar-refractivity contribution in [2.75, 3.05) is 13.2 Å². The topological polar surface area (TPSA) is 67.7 Å². The Kier molecular flexibility index (Phi) is 6.20. The van der Waals surface area contributed by atoms with Crippen molar-refractivity contribution in [2.45, 2.75) is 6.92 Å². The van der Waals surface area contributed by atoms with Gasteiger partial charge in [-0.25, -0.2) is 0 Å². The molecule has 0 spiro atoms. The van der Waals surface area contributed by atoms with E-state index in [9.17, 15) is 4.79 Å². The number of benzene rings is 1. The fourth-order valence-corrected chi connectivity index (χ4v) is 3.87. The summed E-state index contributed by atoms with van der Waals surface area (Å²) in [5.41, 5.74) is 0.906. The van der Waals surface area contributed by atoms with E-state index in [-0.39, 0.29) is 5.91 Å². The zero-order valence-electron chi connectivity index (χ0n) is 14.8. The van der Waals surface area contributed by atoms with Crippen molar-refractivity contribution < 1.29 is 9.53 Å². The molecule has 1 aromatic heterocycles. The summed E-state index contributed by atoms with van der Waals surface area (Å²) in [6.07, 6.45) is 5.21. The van der Waals surface area contributed by atoms with Gasteiger partial charge in [0.25, 0.3) is 5.91 Å². The number of nitrogens with zero attached hydrogens (tertiary/aromatic N) is 4. The van der Waals surface area contributed by atoms with Gasteiger partial charge in [0.15, 0.2) is 5.17 Å². The van der Waals surface area contributed by atoms with Crippen molar-refractivity contribution in [1.29, 1.82) is 0 Å². The van der Waals surface area contributed by atoms with E-state index < -0.39 is 0 Å². The van der Waals surface area contributed by atoms with Crippen LogP contribution >= 0.6 is 23.1 Å². The van der Waals surface area contributed by atoms with Crippen LogP contribution in [0.15, 0.2) is 59.5 Å². The molecule has 1 aliphatic rings. The highest BCUT2D eigenvalue weighted by Crippen LogP contribution is 2.34. The van der Waals surface area contributed by atoms with Crippen LogP contribution in [-0.2, 0) is 4.79 Å². The zero-order chi connectivity index (χ0) is 19.2. The Morgan fingerprint density at radius 2 is 2.00 bits per heavy atom. The number of carbonyl (C=O) groups excluding carboxylic acids is 1. The van der Waals surface area contributed by atoms with Crippen LogP contribution in [0, 0.1) is 6.92 Å². The SMILES string of the molecule is C=CCOc1ccc(/C=C2\S/C(=N/c3nnc(C)s3)N(CC=C)C2=O)cc1. The number of aryl methyl sites for hydroxylation is 1. The van der Waals surface area contributed by atoms with E-state index in [1.807, 2.05) is 37.3 Å². The van der Waals surface area contributed by atoms with E-state index in [0.717, 1.165) is 16.3 Å².